The molecule has 2 heterocycles. The second-order valence-corrected chi connectivity index (χ2v) is 5.97. The highest BCUT2D eigenvalue weighted by Crippen LogP contribution is 2.24. The Balaban J connectivity index is 0.00000169. The summed E-state index contributed by atoms with van der Waals surface area (Å²) in [4.78, 5) is 14.6. The molecular formula is C18H25Cl2N3O3. The summed E-state index contributed by atoms with van der Waals surface area (Å²) >= 11 is 0. The standard InChI is InChI=1S/C18H23N3O3.2ClH/c1-23-16-6-2-5-15(9-16)21-7-3-4-14(11-21)20-18(22)13-8-17(10-19)24-12-13;;/h2,5-6,8-9,12,14H,3-4,7,10-11,19H2,1H3,(H,20,22);2*1H. The van der Waals surface area contributed by atoms with Crippen molar-refractivity contribution in [3.05, 3.63) is 47.9 Å². The van der Waals surface area contributed by atoms with E-state index in [1.165, 1.54) is 6.26 Å². The van der Waals surface area contributed by atoms with Gasteiger partial charge in [0.15, 0.2) is 0 Å². The van der Waals surface area contributed by atoms with Gasteiger partial charge in [-0.3, -0.25) is 4.79 Å². The number of anilines is 1. The summed E-state index contributed by atoms with van der Waals surface area (Å²) in [5.74, 6) is 1.34. The minimum Gasteiger partial charge on any atom is -0.497 e. The monoisotopic (exact) mass is 401 g/mol. The Kier molecular flexibility index (Phi) is 8.78. The summed E-state index contributed by atoms with van der Waals surface area (Å²) in [7, 11) is 1.67. The van der Waals surface area contributed by atoms with E-state index in [2.05, 4.69) is 16.3 Å². The fourth-order valence-electron chi connectivity index (χ4n) is 3.01. The zero-order chi connectivity index (χ0) is 16.9. The van der Waals surface area contributed by atoms with Gasteiger partial charge in [-0.25, -0.2) is 0 Å². The molecule has 1 aliphatic rings. The van der Waals surface area contributed by atoms with Crippen LogP contribution >= 0.6 is 24.8 Å². The number of hydrogen-bond acceptors (Lipinski definition) is 5. The number of carbonyl (C=O) groups is 1. The largest absolute Gasteiger partial charge is 0.497 e. The molecule has 1 aliphatic heterocycles. The molecular weight excluding hydrogens is 377 g/mol. The molecule has 6 nitrogen and oxygen atoms in total. The van der Waals surface area contributed by atoms with E-state index in [0.717, 1.165) is 37.4 Å². The van der Waals surface area contributed by atoms with Crippen molar-refractivity contribution < 1.29 is 13.9 Å². The molecule has 1 atom stereocenters. The van der Waals surface area contributed by atoms with Crippen molar-refractivity contribution >= 4 is 36.4 Å². The number of halogens is 2. The van der Waals surface area contributed by atoms with E-state index in [4.69, 9.17) is 14.9 Å². The lowest BCUT2D eigenvalue weighted by Gasteiger charge is -2.34. The molecule has 26 heavy (non-hydrogen) atoms. The van der Waals surface area contributed by atoms with E-state index in [-0.39, 0.29) is 36.8 Å². The van der Waals surface area contributed by atoms with E-state index >= 15 is 0 Å². The Morgan fingerprint density at radius 3 is 2.88 bits per heavy atom. The molecule has 1 unspecified atom stereocenters. The van der Waals surface area contributed by atoms with Gasteiger partial charge in [-0.05, 0) is 31.0 Å². The third kappa shape index (κ3) is 5.30. The number of ether oxygens (including phenoxy) is 1. The van der Waals surface area contributed by atoms with E-state index in [1.54, 1.807) is 13.2 Å². The molecule has 1 fully saturated rings. The number of nitrogens with two attached hydrogens (primary N) is 1. The van der Waals surface area contributed by atoms with Gasteiger partial charge in [0.2, 0.25) is 0 Å². The van der Waals surface area contributed by atoms with Crippen molar-refractivity contribution in [3.63, 3.8) is 0 Å². The van der Waals surface area contributed by atoms with Crippen LogP contribution in [0, 0.1) is 0 Å². The normalized spacial score (nSPS) is 16.2. The molecule has 144 valence electrons. The molecule has 0 radical (unpaired) electrons. The van der Waals surface area contributed by atoms with Gasteiger partial charge in [0.25, 0.3) is 5.91 Å². The minimum atomic E-state index is -0.115. The van der Waals surface area contributed by atoms with E-state index in [9.17, 15) is 4.79 Å². The zero-order valence-electron chi connectivity index (χ0n) is 14.6. The zero-order valence-corrected chi connectivity index (χ0v) is 16.3. The van der Waals surface area contributed by atoms with Crippen molar-refractivity contribution in [2.24, 2.45) is 5.73 Å². The van der Waals surface area contributed by atoms with Gasteiger partial charge >= 0.3 is 0 Å². The van der Waals surface area contributed by atoms with Gasteiger partial charge < -0.3 is 25.1 Å². The number of piperidine rings is 1. The highest BCUT2D eigenvalue weighted by atomic mass is 35.5. The summed E-state index contributed by atoms with van der Waals surface area (Å²) in [6.07, 6.45) is 3.45. The maximum Gasteiger partial charge on any atom is 0.254 e. The van der Waals surface area contributed by atoms with Crippen molar-refractivity contribution in [1.29, 1.82) is 0 Å². The molecule has 1 saturated heterocycles. The first-order valence-electron chi connectivity index (χ1n) is 8.17. The molecule has 3 rings (SSSR count). The highest BCUT2D eigenvalue weighted by molar-refractivity contribution is 5.94. The number of nitrogens with zero attached hydrogens (tertiary/aromatic N) is 1. The Labute approximate surface area is 165 Å². The van der Waals surface area contributed by atoms with Crippen molar-refractivity contribution in [3.8, 4) is 5.75 Å². The third-order valence-corrected chi connectivity index (χ3v) is 4.29. The molecule has 0 spiro atoms. The van der Waals surface area contributed by atoms with E-state index in [1.807, 2.05) is 18.2 Å². The van der Waals surface area contributed by atoms with Crippen LogP contribution in [-0.2, 0) is 6.54 Å². The third-order valence-electron chi connectivity index (χ3n) is 4.29. The number of furan rings is 1. The quantitative estimate of drug-likeness (QED) is 0.804. The maximum atomic E-state index is 12.3. The van der Waals surface area contributed by atoms with Gasteiger partial charge in [-0.15, -0.1) is 24.8 Å². The van der Waals surface area contributed by atoms with Crippen molar-refractivity contribution in [2.75, 3.05) is 25.1 Å². The average Bonchev–Trinajstić information content (AvgIpc) is 3.11. The van der Waals surface area contributed by atoms with Gasteiger partial charge in [0.05, 0.1) is 19.2 Å². The van der Waals surface area contributed by atoms with Gasteiger partial charge in [-0.2, -0.15) is 0 Å². The Morgan fingerprint density at radius 1 is 1.38 bits per heavy atom. The second kappa shape index (κ2) is 10.3. The SMILES string of the molecule is COc1cccc(N2CCCC(NC(=O)c3coc(CN)c3)C2)c1.Cl.Cl. The van der Waals surface area contributed by atoms with Crippen molar-refractivity contribution in [1.82, 2.24) is 5.32 Å². The molecule has 0 aliphatic carbocycles. The number of hydrogen-bond donors (Lipinski definition) is 2. The maximum absolute atomic E-state index is 12.3. The van der Waals surface area contributed by atoms with Gasteiger partial charge in [0.1, 0.15) is 17.8 Å². The minimum absolute atomic E-state index is 0. The number of carbonyl (C=O) groups excluding carboxylic acids is 1. The number of methoxy groups -OCH3 is 1. The first kappa shape index (κ1) is 22.2. The molecule has 8 heteroatoms. The van der Waals surface area contributed by atoms with Crippen molar-refractivity contribution in [2.45, 2.75) is 25.4 Å². The topological polar surface area (TPSA) is 80.7 Å². The van der Waals surface area contributed by atoms with Crippen LogP contribution in [0.5, 0.6) is 5.75 Å². The fourth-order valence-corrected chi connectivity index (χ4v) is 3.01. The van der Waals surface area contributed by atoms with Crippen LogP contribution < -0.4 is 20.7 Å². The van der Waals surface area contributed by atoms with Crippen LogP contribution in [0.3, 0.4) is 0 Å². The highest BCUT2D eigenvalue weighted by Gasteiger charge is 2.23. The molecule has 2 aromatic rings. The van der Waals surface area contributed by atoms with E-state index in [0.29, 0.717) is 17.9 Å². The predicted molar refractivity (Wildman–Crippen MR) is 107 cm³/mol. The van der Waals surface area contributed by atoms with Crippen LogP contribution in [0.1, 0.15) is 29.0 Å². The Bertz CT molecular complexity index is 708. The molecule has 0 bridgehead atoms. The van der Waals surface area contributed by atoms with Crippen LogP contribution in [-0.4, -0.2) is 32.1 Å². The lowest BCUT2D eigenvalue weighted by Crippen LogP contribution is -2.47. The summed E-state index contributed by atoms with van der Waals surface area (Å²) in [6.45, 7) is 2.05. The number of amides is 1. The lowest BCUT2D eigenvalue weighted by atomic mass is 10.0. The summed E-state index contributed by atoms with van der Waals surface area (Å²) in [5.41, 5.74) is 7.15. The van der Waals surface area contributed by atoms with E-state index < -0.39 is 0 Å². The average molecular weight is 402 g/mol. The molecule has 1 aromatic carbocycles. The summed E-state index contributed by atoms with van der Waals surface area (Å²) in [6, 6.07) is 9.80. The smallest absolute Gasteiger partial charge is 0.254 e. The first-order valence-corrected chi connectivity index (χ1v) is 8.17. The van der Waals surface area contributed by atoms with Crippen LogP contribution in [0.15, 0.2) is 41.0 Å². The Hall–Kier alpha value is -1.89. The summed E-state index contributed by atoms with van der Waals surface area (Å²) < 4.78 is 10.5. The second-order valence-electron chi connectivity index (χ2n) is 5.97. The summed E-state index contributed by atoms with van der Waals surface area (Å²) in [5, 5.41) is 3.09. The van der Waals surface area contributed by atoms with Gasteiger partial charge in [0, 0.05) is 30.9 Å². The molecule has 3 N–H and O–H groups in total. The van der Waals surface area contributed by atoms with Gasteiger partial charge in [-0.1, -0.05) is 6.07 Å². The molecule has 1 aromatic heterocycles. The number of nitrogens with one attached hydrogen (secondary N) is 1. The number of rotatable bonds is 5. The fraction of sp³-hybridized carbons (Fsp3) is 0.389. The first-order chi connectivity index (χ1) is 11.7. The van der Waals surface area contributed by atoms with Crippen LogP contribution in [0.4, 0.5) is 5.69 Å². The lowest BCUT2D eigenvalue weighted by molar-refractivity contribution is 0.0932. The Morgan fingerprint density at radius 2 is 2.19 bits per heavy atom. The molecule has 0 saturated carbocycles. The van der Waals surface area contributed by atoms with Crippen LogP contribution in [0.2, 0.25) is 0 Å². The number of benzene rings is 1. The molecule has 1 amide bonds. The van der Waals surface area contributed by atoms with Crippen LogP contribution in [0.25, 0.3) is 0 Å². The predicted octanol–water partition coefficient (Wildman–Crippen LogP) is 2.99.